The Morgan fingerprint density at radius 2 is 1.95 bits per heavy atom. The van der Waals surface area contributed by atoms with Crippen LogP contribution in [0.5, 0.6) is 5.75 Å². The fraction of sp³-hybridized carbons (Fsp3) is 0.276. The molecule has 0 fully saturated rings. The monoisotopic (exact) mass is 554 g/mol. The number of aryl methyl sites for hydroxylation is 2. The van der Waals surface area contributed by atoms with Gasteiger partial charge < -0.3 is 19.7 Å². The van der Waals surface area contributed by atoms with E-state index in [-0.39, 0.29) is 17.9 Å². The molecule has 5 aromatic rings. The van der Waals surface area contributed by atoms with Gasteiger partial charge in [0.05, 0.1) is 25.6 Å². The number of aromatic nitrogens is 6. The molecule has 0 bridgehead atoms. The predicted molar refractivity (Wildman–Crippen MR) is 154 cm³/mol. The number of hydrogen-bond acceptors (Lipinski definition) is 9. The Morgan fingerprint density at radius 3 is 2.66 bits per heavy atom. The molecular formula is C29H30N8O4. The van der Waals surface area contributed by atoms with Crippen LogP contribution < -0.4 is 20.5 Å². The topological polar surface area (TPSA) is 121 Å². The van der Waals surface area contributed by atoms with Crippen LogP contribution in [0.25, 0.3) is 11.5 Å². The number of rotatable bonds is 8. The number of methoxy groups -OCH3 is 1. The number of pyridine rings is 1. The van der Waals surface area contributed by atoms with Crippen LogP contribution in [0.3, 0.4) is 0 Å². The Balaban J connectivity index is 1.44. The van der Waals surface area contributed by atoms with Crippen molar-refractivity contribution in [3.05, 3.63) is 87.7 Å². The van der Waals surface area contributed by atoms with Gasteiger partial charge in [0.15, 0.2) is 23.0 Å². The summed E-state index contributed by atoms with van der Waals surface area (Å²) in [6, 6.07) is 13.2. The van der Waals surface area contributed by atoms with Gasteiger partial charge in [0, 0.05) is 43.7 Å². The first-order chi connectivity index (χ1) is 19.9. The second kappa shape index (κ2) is 10.5. The van der Waals surface area contributed by atoms with Gasteiger partial charge in [-0.1, -0.05) is 12.1 Å². The summed E-state index contributed by atoms with van der Waals surface area (Å²) in [5, 5.41) is 12.5. The summed E-state index contributed by atoms with van der Waals surface area (Å²) in [6.07, 6.45) is 3.84. The third-order valence-corrected chi connectivity index (χ3v) is 7.23. The summed E-state index contributed by atoms with van der Waals surface area (Å²) in [6.45, 7) is 5.23. The van der Waals surface area contributed by atoms with Gasteiger partial charge in [0.2, 0.25) is 0 Å². The first kappa shape index (κ1) is 26.1. The minimum Gasteiger partial charge on any atom is -0.497 e. The Morgan fingerprint density at radius 1 is 1.15 bits per heavy atom. The maximum atomic E-state index is 13.5. The quantitative estimate of drug-likeness (QED) is 0.288. The highest BCUT2D eigenvalue weighted by Gasteiger charge is 2.30. The van der Waals surface area contributed by atoms with E-state index in [1.165, 1.54) is 15.3 Å². The van der Waals surface area contributed by atoms with Crippen molar-refractivity contribution in [3.8, 4) is 11.6 Å². The number of nitrogens with one attached hydrogen (secondary N) is 1. The minimum atomic E-state index is -0.523. The molecule has 0 unspecified atom stereocenters. The Hall–Kier alpha value is -5.13. The van der Waals surface area contributed by atoms with Crippen molar-refractivity contribution < 1.29 is 14.3 Å². The molecule has 0 spiro atoms. The number of esters is 1. The van der Waals surface area contributed by atoms with Gasteiger partial charge in [-0.15, -0.1) is 5.10 Å². The van der Waals surface area contributed by atoms with Gasteiger partial charge in [-0.2, -0.15) is 5.10 Å². The van der Waals surface area contributed by atoms with Crippen molar-refractivity contribution in [1.29, 1.82) is 0 Å². The molecule has 0 aliphatic carbocycles. The van der Waals surface area contributed by atoms with E-state index >= 15 is 0 Å². The summed E-state index contributed by atoms with van der Waals surface area (Å²) in [5.74, 6) is 1.26. The average molecular weight is 555 g/mol. The highest BCUT2D eigenvalue weighted by atomic mass is 16.5. The fourth-order valence-corrected chi connectivity index (χ4v) is 5.05. The molecule has 12 heteroatoms. The number of anilines is 3. The number of ether oxygens (including phenoxy) is 2. The smallest absolute Gasteiger partial charge is 0.358 e. The lowest BCUT2D eigenvalue weighted by Crippen LogP contribution is -2.22. The van der Waals surface area contributed by atoms with E-state index in [1.807, 2.05) is 44.3 Å². The van der Waals surface area contributed by atoms with E-state index in [0.717, 1.165) is 28.3 Å². The molecule has 6 rings (SSSR count). The molecule has 0 saturated heterocycles. The number of carbonyl (C=O) groups excluding carboxylic acids is 1. The second-order valence-electron chi connectivity index (χ2n) is 9.78. The summed E-state index contributed by atoms with van der Waals surface area (Å²) in [7, 11) is 3.47. The first-order valence-electron chi connectivity index (χ1n) is 13.3. The summed E-state index contributed by atoms with van der Waals surface area (Å²) < 4.78 is 15.3. The molecule has 0 saturated carbocycles. The van der Waals surface area contributed by atoms with Crippen LogP contribution in [0.1, 0.15) is 34.2 Å². The molecule has 1 aliphatic rings. The van der Waals surface area contributed by atoms with Gasteiger partial charge in [0.1, 0.15) is 11.4 Å². The van der Waals surface area contributed by atoms with E-state index in [2.05, 4.69) is 20.3 Å². The minimum absolute atomic E-state index is 0.207. The molecule has 0 amide bonds. The SMILES string of the molecule is CCOC(=O)c1cnc2c3c(c(Nc4cccn(-c5cc(C)n(C)n5)c4=O)nn12)CCN3Cc1ccc(OC)cc1. The van der Waals surface area contributed by atoms with Crippen LogP contribution in [0, 0.1) is 6.92 Å². The van der Waals surface area contributed by atoms with Crippen molar-refractivity contribution in [1.82, 2.24) is 28.9 Å². The number of hydrogen-bond donors (Lipinski definition) is 1. The van der Waals surface area contributed by atoms with Crippen molar-refractivity contribution in [3.63, 3.8) is 0 Å². The van der Waals surface area contributed by atoms with E-state index in [1.54, 1.807) is 37.0 Å². The Bertz CT molecular complexity index is 1800. The Labute approximate surface area is 235 Å². The van der Waals surface area contributed by atoms with Gasteiger partial charge in [-0.05, 0) is 50.1 Å². The van der Waals surface area contributed by atoms with Crippen LogP contribution in [0.15, 0.2) is 59.7 Å². The molecule has 12 nitrogen and oxygen atoms in total. The van der Waals surface area contributed by atoms with Crippen LogP contribution in [-0.2, 0) is 24.8 Å². The second-order valence-corrected chi connectivity index (χ2v) is 9.78. The molecule has 0 radical (unpaired) electrons. The number of benzene rings is 1. The number of imidazole rings is 1. The third kappa shape index (κ3) is 4.66. The van der Waals surface area contributed by atoms with Crippen molar-refractivity contribution in [2.24, 2.45) is 7.05 Å². The average Bonchev–Trinajstić information content (AvgIpc) is 3.67. The normalized spacial score (nSPS) is 12.5. The van der Waals surface area contributed by atoms with Crippen LogP contribution in [-0.4, -0.2) is 55.2 Å². The zero-order chi connectivity index (χ0) is 28.7. The van der Waals surface area contributed by atoms with Crippen molar-refractivity contribution >= 4 is 28.8 Å². The number of fused-ring (bicyclic) bond motifs is 3. The van der Waals surface area contributed by atoms with Crippen LogP contribution >= 0.6 is 0 Å². The van der Waals surface area contributed by atoms with E-state index in [0.29, 0.717) is 42.5 Å². The molecule has 1 aromatic carbocycles. The van der Waals surface area contributed by atoms with Crippen LogP contribution in [0.4, 0.5) is 17.2 Å². The van der Waals surface area contributed by atoms with Gasteiger partial charge in [-0.3, -0.25) is 14.0 Å². The molecule has 41 heavy (non-hydrogen) atoms. The van der Waals surface area contributed by atoms with Gasteiger partial charge >= 0.3 is 5.97 Å². The highest BCUT2D eigenvalue weighted by molar-refractivity contribution is 5.91. The zero-order valence-electron chi connectivity index (χ0n) is 23.3. The Kier molecular flexibility index (Phi) is 6.66. The molecule has 1 aliphatic heterocycles. The summed E-state index contributed by atoms with van der Waals surface area (Å²) in [4.78, 5) is 33.1. The van der Waals surface area contributed by atoms with Gasteiger partial charge in [0.25, 0.3) is 5.56 Å². The maximum absolute atomic E-state index is 13.5. The van der Waals surface area contributed by atoms with Gasteiger partial charge in [-0.25, -0.2) is 14.3 Å². The molecule has 210 valence electrons. The molecular weight excluding hydrogens is 524 g/mol. The molecule has 4 aromatic heterocycles. The number of nitrogens with zero attached hydrogens (tertiary/aromatic N) is 7. The van der Waals surface area contributed by atoms with E-state index in [9.17, 15) is 9.59 Å². The third-order valence-electron chi connectivity index (χ3n) is 7.23. The molecule has 1 N–H and O–H groups in total. The maximum Gasteiger partial charge on any atom is 0.358 e. The largest absolute Gasteiger partial charge is 0.497 e. The summed E-state index contributed by atoms with van der Waals surface area (Å²) in [5.41, 5.74) is 4.60. The lowest BCUT2D eigenvalue weighted by molar-refractivity contribution is 0.0517. The summed E-state index contributed by atoms with van der Waals surface area (Å²) >= 11 is 0. The number of carbonyl (C=O) groups is 1. The molecule has 5 heterocycles. The van der Waals surface area contributed by atoms with Crippen LogP contribution in [0.2, 0.25) is 0 Å². The van der Waals surface area contributed by atoms with E-state index < -0.39 is 5.97 Å². The standard InChI is InChI=1S/C29H30N8O4/c1-5-41-29(39)23-16-30-27-25-21(12-14-35(25)17-19-8-10-20(40-4)11-9-19)26(33-37(23)27)31-22-7-6-13-36(28(22)38)24-15-18(2)34(3)32-24/h6-11,13,15-16H,5,12,14,17H2,1-4H3,(H,31,33). The predicted octanol–water partition coefficient (Wildman–Crippen LogP) is 3.41. The fourth-order valence-electron chi connectivity index (χ4n) is 5.05. The lowest BCUT2D eigenvalue weighted by atomic mass is 10.2. The highest BCUT2D eigenvalue weighted by Crippen LogP contribution is 2.38. The lowest BCUT2D eigenvalue weighted by Gasteiger charge is -2.21. The van der Waals surface area contributed by atoms with E-state index in [4.69, 9.17) is 14.6 Å². The molecule has 0 atom stereocenters. The first-order valence-corrected chi connectivity index (χ1v) is 13.3. The zero-order valence-corrected chi connectivity index (χ0v) is 23.3. The van der Waals surface area contributed by atoms with Crippen molar-refractivity contribution in [2.75, 3.05) is 30.5 Å². The van der Waals surface area contributed by atoms with Crippen molar-refractivity contribution in [2.45, 2.75) is 26.8 Å².